The second-order valence-electron chi connectivity index (χ2n) is 2.14. The van der Waals surface area contributed by atoms with Crippen molar-refractivity contribution in [3.8, 4) is 0 Å². The summed E-state index contributed by atoms with van der Waals surface area (Å²) in [6, 6.07) is 0. The topological polar surface area (TPSA) is 34.1 Å². The normalized spacial score (nSPS) is 24.9. The summed E-state index contributed by atoms with van der Waals surface area (Å²) < 4.78 is 0. The van der Waals surface area contributed by atoms with Crippen molar-refractivity contribution in [2.45, 2.75) is 12.8 Å². The number of hydrogen-bond donors (Lipinski definition) is 0. The minimum absolute atomic E-state index is 0.0394. The first kappa shape index (κ1) is 6.20. The Labute approximate surface area is 53.6 Å². The van der Waals surface area contributed by atoms with Crippen molar-refractivity contribution in [1.82, 2.24) is 0 Å². The molecule has 0 fully saturated rings. The summed E-state index contributed by atoms with van der Waals surface area (Å²) in [6.45, 7) is 0. The molecule has 0 bridgehead atoms. The molecule has 0 aliphatic heterocycles. The van der Waals surface area contributed by atoms with Gasteiger partial charge in [0.25, 0.3) is 0 Å². The van der Waals surface area contributed by atoms with Gasteiger partial charge in [0.05, 0.1) is 0 Å². The van der Waals surface area contributed by atoms with Gasteiger partial charge in [-0.1, -0.05) is 6.08 Å². The van der Waals surface area contributed by atoms with Gasteiger partial charge < -0.3 is 4.79 Å². The second-order valence-corrected chi connectivity index (χ2v) is 2.14. The highest BCUT2D eigenvalue weighted by atomic mass is 16.1. The third-order valence-electron chi connectivity index (χ3n) is 1.49. The molecule has 2 nitrogen and oxygen atoms in total. The zero-order valence-corrected chi connectivity index (χ0v) is 5.04. The summed E-state index contributed by atoms with van der Waals surface area (Å²) in [5, 5.41) is 0. The molecule has 0 N–H and O–H groups in total. The summed E-state index contributed by atoms with van der Waals surface area (Å²) in [4.78, 5) is 20.6. The second kappa shape index (κ2) is 2.58. The van der Waals surface area contributed by atoms with E-state index in [-0.39, 0.29) is 11.7 Å². The van der Waals surface area contributed by atoms with Crippen LogP contribution in [0.3, 0.4) is 0 Å². The molecular weight excluding hydrogens is 116 g/mol. The fourth-order valence-corrected chi connectivity index (χ4v) is 0.929. The summed E-state index contributed by atoms with van der Waals surface area (Å²) in [7, 11) is 0. The van der Waals surface area contributed by atoms with Crippen LogP contribution in [0.15, 0.2) is 12.2 Å². The number of rotatable bonds is 2. The summed E-state index contributed by atoms with van der Waals surface area (Å²) >= 11 is 0. The first-order valence-electron chi connectivity index (χ1n) is 2.98. The first-order valence-corrected chi connectivity index (χ1v) is 2.98. The molecule has 0 aromatic rings. The van der Waals surface area contributed by atoms with Crippen LogP contribution in [0, 0.1) is 5.92 Å². The first-order chi connectivity index (χ1) is 4.34. The van der Waals surface area contributed by atoms with Crippen molar-refractivity contribution in [1.29, 1.82) is 0 Å². The Kier molecular flexibility index (Phi) is 1.78. The fraction of sp³-hybridized carbons (Fsp3) is 0.429. The van der Waals surface area contributed by atoms with E-state index in [0.717, 1.165) is 12.7 Å². The highest BCUT2D eigenvalue weighted by Crippen LogP contribution is 2.15. The molecule has 0 amide bonds. The average molecular weight is 124 g/mol. The van der Waals surface area contributed by atoms with Crippen LogP contribution in [0.5, 0.6) is 0 Å². The minimum atomic E-state index is -0.0394. The molecule has 0 saturated carbocycles. The van der Waals surface area contributed by atoms with Crippen LogP contribution >= 0.6 is 0 Å². The van der Waals surface area contributed by atoms with E-state index < -0.39 is 0 Å². The standard InChI is InChI=1S/C7H8O2/c8-5-4-6-2-1-3-7(6)9/h1,3,5-6H,2,4H2. The van der Waals surface area contributed by atoms with Gasteiger partial charge in [-0.05, 0) is 12.5 Å². The average Bonchev–Trinajstić information content (AvgIpc) is 2.18. The quantitative estimate of drug-likeness (QED) is 0.508. The highest BCUT2D eigenvalue weighted by Gasteiger charge is 2.17. The van der Waals surface area contributed by atoms with E-state index in [0.29, 0.717) is 6.42 Å². The van der Waals surface area contributed by atoms with Crippen LogP contribution in [0.2, 0.25) is 0 Å². The predicted octanol–water partition coefficient (Wildman–Crippen LogP) is 0.721. The Bertz CT molecular complexity index is 158. The van der Waals surface area contributed by atoms with E-state index in [9.17, 15) is 9.59 Å². The third-order valence-corrected chi connectivity index (χ3v) is 1.49. The van der Waals surface area contributed by atoms with E-state index >= 15 is 0 Å². The number of carbonyl (C=O) groups is 2. The molecule has 9 heavy (non-hydrogen) atoms. The Balaban J connectivity index is 2.45. The molecule has 0 heterocycles. The Morgan fingerprint density at radius 3 is 3.00 bits per heavy atom. The molecule has 1 aliphatic carbocycles. The zero-order valence-electron chi connectivity index (χ0n) is 5.04. The van der Waals surface area contributed by atoms with E-state index in [4.69, 9.17) is 0 Å². The van der Waals surface area contributed by atoms with Crippen molar-refractivity contribution in [3.63, 3.8) is 0 Å². The molecule has 0 aromatic heterocycles. The SMILES string of the molecule is O=CCC1CC=CC1=O. The summed E-state index contributed by atoms with van der Waals surface area (Å²) in [5.41, 5.74) is 0. The molecule has 2 heteroatoms. The van der Waals surface area contributed by atoms with E-state index in [1.165, 1.54) is 0 Å². The monoisotopic (exact) mass is 124 g/mol. The van der Waals surface area contributed by atoms with Gasteiger partial charge in [-0.15, -0.1) is 0 Å². The van der Waals surface area contributed by atoms with E-state index in [2.05, 4.69) is 0 Å². The van der Waals surface area contributed by atoms with Gasteiger partial charge in [0.2, 0.25) is 0 Å². The fourth-order valence-electron chi connectivity index (χ4n) is 0.929. The van der Waals surface area contributed by atoms with Crippen molar-refractivity contribution in [2.75, 3.05) is 0 Å². The molecule has 0 aromatic carbocycles. The summed E-state index contributed by atoms with van der Waals surface area (Å²) in [6.07, 6.45) is 5.30. The number of allylic oxidation sites excluding steroid dienone is 2. The zero-order chi connectivity index (χ0) is 6.69. The maximum Gasteiger partial charge on any atom is 0.159 e. The molecule has 0 radical (unpaired) electrons. The molecular formula is C7H8O2. The molecule has 1 aliphatic rings. The molecule has 1 atom stereocenters. The van der Waals surface area contributed by atoms with Crippen LogP contribution in [0.4, 0.5) is 0 Å². The lowest BCUT2D eigenvalue weighted by molar-refractivity contribution is -0.120. The molecule has 0 spiro atoms. The van der Waals surface area contributed by atoms with Crippen molar-refractivity contribution in [3.05, 3.63) is 12.2 Å². The Morgan fingerprint density at radius 1 is 1.78 bits per heavy atom. The van der Waals surface area contributed by atoms with Crippen LogP contribution in [0.25, 0.3) is 0 Å². The molecule has 1 unspecified atom stereocenters. The lowest BCUT2D eigenvalue weighted by Gasteiger charge is -1.98. The predicted molar refractivity (Wildman–Crippen MR) is 32.9 cm³/mol. The lowest BCUT2D eigenvalue weighted by Crippen LogP contribution is -2.06. The van der Waals surface area contributed by atoms with Gasteiger partial charge in [-0.25, -0.2) is 0 Å². The summed E-state index contributed by atoms with van der Waals surface area (Å²) in [5.74, 6) is 0.0598. The van der Waals surface area contributed by atoms with E-state index in [1.807, 2.05) is 6.08 Å². The Hall–Kier alpha value is -0.920. The lowest BCUT2D eigenvalue weighted by atomic mass is 10.0. The van der Waals surface area contributed by atoms with Gasteiger partial charge in [0.1, 0.15) is 6.29 Å². The number of ketones is 1. The smallest absolute Gasteiger partial charge is 0.159 e. The number of hydrogen-bond acceptors (Lipinski definition) is 2. The van der Waals surface area contributed by atoms with Gasteiger partial charge in [-0.3, -0.25) is 4.79 Å². The minimum Gasteiger partial charge on any atom is -0.303 e. The third kappa shape index (κ3) is 1.25. The number of aldehydes is 1. The maximum atomic E-state index is 10.7. The molecule has 0 saturated heterocycles. The van der Waals surface area contributed by atoms with Crippen LogP contribution in [-0.4, -0.2) is 12.1 Å². The van der Waals surface area contributed by atoms with Crippen molar-refractivity contribution >= 4 is 12.1 Å². The van der Waals surface area contributed by atoms with Gasteiger partial charge >= 0.3 is 0 Å². The van der Waals surface area contributed by atoms with Crippen LogP contribution in [0.1, 0.15) is 12.8 Å². The van der Waals surface area contributed by atoms with E-state index in [1.54, 1.807) is 6.08 Å². The van der Waals surface area contributed by atoms with Gasteiger partial charge in [-0.2, -0.15) is 0 Å². The van der Waals surface area contributed by atoms with Crippen molar-refractivity contribution in [2.24, 2.45) is 5.92 Å². The Morgan fingerprint density at radius 2 is 2.56 bits per heavy atom. The van der Waals surface area contributed by atoms with Gasteiger partial charge in [0.15, 0.2) is 5.78 Å². The maximum absolute atomic E-state index is 10.7. The highest BCUT2D eigenvalue weighted by molar-refractivity contribution is 5.95. The van der Waals surface area contributed by atoms with Crippen molar-refractivity contribution < 1.29 is 9.59 Å². The molecule has 48 valence electrons. The number of carbonyl (C=O) groups excluding carboxylic acids is 2. The largest absolute Gasteiger partial charge is 0.303 e. The van der Waals surface area contributed by atoms with Gasteiger partial charge in [0, 0.05) is 12.3 Å². The molecule has 1 rings (SSSR count). The van der Waals surface area contributed by atoms with Crippen LogP contribution in [-0.2, 0) is 9.59 Å². The van der Waals surface area contributed by atoms with Crippen LogP contribution < -0.4 is 0 Å².